The second-order valence-corrected chi connectivity index (χ2v) is 10.4. The second kappa shape index (κ2) is 12.5. The quantitative estimate of drug-likeness (QED) is 0.269. The van der Waals surface area contributed by atoms with Gasteiger partial charge in [-0.15, -0.1) is 0 Å². The number of hydrogen-bond acceptors (Lipinski definition) is 4. The van der Waals surface area contributed by atoms with Gasteiger partial charge in [0, 0.05) is 18.0 Å². The number of carbonyl (C=O) groups excluding carboxylic acids is 1. The summed E-state index contributed by atoms with van der Waals surface area (Å²) < 4.78 is 5.59. The van der Waals surface area contributed by atoms with Crippen molar-refractivity contribution in [1.82, 2.24) is 9.97 Å². The number of benzene rings is 2. The summed E-state index contributed by atoms with van der Waals surface area (Å²) in [6.45, 7) is 7.59. The molecule has 0 saturated heterocycles. The number of aromatic amines is 1. The van der Waals surface area contributed by atoms with E-state index in [1.165, 1.54) is 0 Å². The summed E-state index contributed by atoms with van der Waals surface area (Å²) in [5, 5.41) is 9.86. The largest absolute Gasteiger partial charge is 0.481 e. The van der Waals surface area contributed by atoms with Gasteiger partial charge in [-0.05, 0) is 63.1 Å². The molecule has 3 aromatic rings. The molecule has 36 heavy (non-hydrogen) atoms. The molecule has 0 amide bonds. The summed E-state index contributed by atoms with van der Waals surface area (Å²) in [7, 11) is 0. The van der Waals surface area contributed by atoms with Crippen LogP contribution in [0.25, 0.3) is 22.5 Å². The first-order valence-electron chi connectivity index (χ1n) is 12.8. The van der Waals surface area contributed by atoms with Crippen LogP contribution >= 0.6 is 0 Å². The second-order valence-electron chi connectivity index (χ2n) is 10.4. The number of imidazole rings is 1. The monoisotopic (exact) mass is 490 g/mol. The van der Waals surface area contributed by atoms with Crippen LogP contribution in [0.5, 0.6) is 0 Å². The van der Waals surface area contributed by atoms with Crippen LogP contribution in [0.15, 0.2) is 60.9 Å². The van der Waals surface area contributed by atoms with Gasteiger partial charge in [-0.25, -0.2) is 4.98 Å². The van der Waals surface area contributed by atoms with Gasteiger partial charge in [0.1, 0.15) is 11.4 Å². The standard InChI is InChI=1S/C30H38N2O4/c1-5-6-7-26(29(35)36-30(2,3)4)20-25(28(33)34)13-10-21-8-11-22(12-9-21)23-14-16-24(17-15-23)27-31-18-19-32-27/h8-9,11-12,14-19,25-26H,5-7,10,13,20H2,1-4H3,(H,31,32)(H,33,34)/t25-,26+/m1/s1. The minimum absolute atomic E-state index is 0.287. The summed E-state index contributed by atoms with van der Waals surface area (Å²) in [6, 6.07) is 16.5. The van der Waals surface area contributed by atoms with Crippen molar-refractivity contribution < 1.29 is 19.4 Å². The predicted molar refractivity (Wildman–Crippen MR) is 142 cm³/mol. The highest BCUT2D eigenvalue weighted by atomic mass is 16.6. The lowest BCUT2D eigenvalue weighted by atomic mass is 9.86. The molecule has 0 spiro atoms. The molecule has 1 aromatic heterocycles. The smallest absolute Gasteiger partial charge is 0.309 e. The van der Waals surface area contributed by atoms with Gasteiger partial charge in [0.15, 0.2) is 0 Å². The number of aryl methyl sites for hydroxylation is 1. The molecule has 0 aliphatic carbocycles. The van der Waals surface area contributed by atoms with Gasteiger partial charge in [-0.1, -0.05) is 68.3 Å². The number of carboxylic acid groups (broad SMARTS) is 1. The highest BCUT2D eigenvalue weighted by Crippen LogP contribution is 2.27. The zero-order chi connectivity index (χ0) is 26.1. The molecular weight excluding hydrogens is 452 g/mol. The number of esters is 1. The van der Waals surface area contributed by atoms with Crippen LogP contribution < -0.4 is 0 Å². The predicted octanol–water partition coefficient (Wildman–Crippen LogP) is 6.92. The van der Waals surface area contributed by atoms with Crippen LogP contribution in [-0.4, -0.2) is 32.6 Å². The van der Waals surface area contributed by atoms with Gasteiger partial charge < -0.3 is 14.8 Å². The number of carboxylic acids is 1. The number of unbranched alkanes of at least 4 members (excludes halogenated alkanes) is 1. The summed E-state index contributed by atoms with van der Waals surface area (Å²) in [5.41, 5.74) is 3.74. The lowest BCUT2D eigenvalue weighted by Gasteiger charge is -2.25. The van der Waals surface area contributed by atoms with E-state index in [0.29, 0.717) is 25.7 Å². The molecule has 0 aliphatic rings. The van der Waals surface area contributed by atoms with Gasteiger partial charge >= 0.3 is 11.9 Å². The maximum Gasteiger partial charge on any atom is 0.309 e. The molecule has 3 rings (SSSR count). The Labute approximate surface area is 214 Å². The first-order chi connectivity index (χ1) is 17.2. The number of ether oxygens (including phenoxy) is 1. The van der Waals surface area contributed by atoms with E-state index in [2.05, 4.69) is 53.3 Å². The van der Waals surface area contributed by atoms with Crippen LogP contribution in [-0.2, 0) is 20.7 Å². The first kappa shape index (κ1) is 27.2. The molecule has 0 aliphatic heterocycles. The highest BCUT2D eigenvalue weighted by Gasteiger charge is 2.30. The summed E-state index contributed by atoms with van der Waals surface area (Å²) in [6.07, 6.45) is 7.46. The molecule has 6 heteroatoms. The molecule has 0 saturated carbocycles. The SMILES string of the molecule is CCCC[C@@H](C[C@@H](CCc1ccc(-c2ccc(-c3ncc[nH]3)cc2)cc1)C(=O)O)C(=O)OC(C)(C)C. The number of H-pyrrole nitrogens is 1. The van der Waals surface area contributed by atoms with Crippen LogP contribution in [0.3, 0.4) is 0 Å². The maximum atomic E-state index is 12.7. The van der Waals surface area contributed by atoms with E-state index in [0.717, 1.165) is 40.9 Å². The van der Waals surface area contributed by atoms with E-state index in [1.807, 2.05) is 32.9 Å². The van der Waals surface area contributed by atoms with Gasteiger partial charge in [-0.3, -0.25) is 9.59 Å². The van der Waals surface area contributed by atoms with Gasteiger partial charge in [0.25, 0.3) is 0 Å². The van der Waals surface area contributed by atoms with E-state index in [1.54, 1.807) is 12.4 Å². The van der Waals surface area contributed by atoms with Crippen molar-refractivity contribution in [3.05, 3.63) is 66.5 Å². The Hall–Kier alpha value is -3.41. The first-order valence-corrected chi connectivity index (χ1v) is 12.8. The van der Waals surface area contributed by atoms with Gasteiger partial charge in [0.05, 0.1) is 11.8 Å². The zero-order valence-corrected chi connectivity index (χ0v) is 21.8. The van der Waals surface area contributed by atoms with Crippen molar-refractivity contribution in [2.24, 2.45) is 11.8 Å². The minimum Gasteiger partial charge on any atom is -0.481 e. The molecule has 2 atom stereocenters. The molecule has 0 bridgehead atoms. The molecule has 6 nitrogen and oxygen atoms in total. The molecule has 1 heterocycles. The molecule has 0 unspecified atom stereocenters. The van der Waals surface area contributed by atoms with E-state index in [9.17, 15) is 14.7 Å². The molecule has 0 radical (unpaired) electrons. The molecule has 2 aromatic carbocycles. The fourth-order valence-electron chi connectivity index (χ4n) is 4.30. The lowest BCUT2D eigenvalue weighted by Crippen LogP contribution is -2.31. The van der Waals surface area contributed by atoms with E-state index < -0.39 is 23.4 Å². The van der Waals surface area contributed by atoms with Crippen LogP contribution in [0, 0.1) is 11.8 Å². The molecule has 0 fully saturated rings. The average Bonchev–Trinajstić information content (AvgIpc) is 3.38. The Kier molecular flexibility index (Phi) is 9.45. The Morgan fingerprint density at radius 1 is 0.944 bits per heavy atom. The normalized spacial score (nSPS) is 13.2. The van der Waals surface area contributed by atoms with Crippen molar-refractivity contribution >= 4 is 11.9 Å². The van der Waals surface area contributed by atoms with Gasteiger partial charge in [-0.2, -0.15) is 0 Å². The number of carbonyl (C=O) groups is 2. The molecular formula is C30H38N2O4. The maximum absolute atomic E-state index is 12.7. The third-order valence-corrected chi connectivity index (χ3v) is 6.29. The van der Waals surface area contributed by atoms with Crippen molar-refractivity contribution in [2.45, 2.75) is 71.8 Å². The lowest BCUT2D eigenvalue weighted by molar-refractivity contribution is -0.161. The minimum atomic E-state index is -0.853. The number of aromatic nitrogens is 2. The highest BCUT2D eigenvalue weighted by molar-refractivity contribution is 5.75. The summed E-state index contributed by atoms with van der Waals surface area (Å²) >= 11 is 0. The Morgan fingerprint density at radius 3 is 2.08 bits per heavy atom. The van der Waals surface area contributed by atoms with Crippen molar-refractivity contribution in [2.75, 3.05) is 0 Å². The third-order valence-electron chi connectivity index (χ3n) is 6.29. The molecule has 192 valence electrons. The number of nitrogens with one attached hydrogen (secondary N) is 1. The number of nitrogens with zero attached hydrogens (tertiary/aromatic N) is 1. The van der Waals surface area contributed by atoms with Crippen molar-refractivity contribution in [3.63, 3.8) is 0 Å². The van der Waals surface area contributed by atoms with Gasteiger partial charge in [0.2, 0.25) is 0 Å². The topological polar surface area (TPSA) is 92.3 Å². The Morgan fingerprint density at radius 2 is 1.56 bits per heavy atom. The third kappa shape index (κ3) is 8.08. The van der Waals surface area contributed by atoms with Crippen LogP contribution in [0.2, 0.25) is 0 Å². The van der Waals surface area contributed by atoms with Crippen LogP contribution in [0.1, 0.15) is 65.4 Å². The number of hydrogen-bond donors (Lipinski definition) is 2. The van der Waals surface area contributed by atoms with Crippen LogP contribution in [0.4, 0.5) is 0 Å². The number of rotatable bonds is 12. The fourth-order valence-corrected chi connectivity index (χ4v) is 4.30. The Bertz CT molecular complexity index is 1100. The summed E-state index contributed by atoms with van der Waals surface area (Å²) in [4.78, 5) is 32.2. The summed E-state index contributed by atoms with van der Waals surface area (Å²) in [5.74, 6) is -1.28. The van der Waals surface area contributed by atoms with Crippen molar-refractivity contribution in [1.29, 1.82) is 0 Å². The zero-order valence-electron chi connectivity index (χ0n) is 21.8. The fraction of sp³-hybridized carbons (Fsp3) is 0.433. The number of aliphatic carboxylic acids is 1. The van der Waals surface area contributed by atoms with E-state index >= 15 is 0 Å². The molecule has 2 N–H and O–H groups in total. The average molecular weight is 491 g/mol. The van der Waals surface area contributed by atoms with E-state index in [-0.39, 0.29) is 5.97 Å². The Balaban J connectivity index is 1.62. The van der Waals surface area contributed by atoms with Crippen molar-refractivity contribution in [3.8, 4) is 22.5 Å². The van der Waals surface area contributed by atoms with E-state index in [4.69, 9.17) is 4.74 Å².